The van der Waals surface area contributed by atoms with Crippen LogP contribution in [0.2, 0.25) is 5.15 Å². The fourth-order valence-corrected chi connectivity index (χ4v) is 1.08. The number of anilines is 1. The maximum absolute atomic E-state index is 5.67. The van der Waals surface area contributed by atoms with Crippen LogP contribution in [0.15, 0.2) is 10.7 Å². The van der Waals surface area contributed by atoms with Crippen molar-refractivity contribution in [2.45, 2.75) is 20.8 Å². The molecule has 0 aliphatic rings. The lowest BCUT2D eigenvalue weighted by Gasteiger charge is -2.01. The van der Waals surface area contributed by atoms with Crippen LogP contribution in [0.5, 0.6) is 0 Å². The fourth-order valence-electron chi connectivity index (χ4n) is 0.561. The smallest absolute Gasteiger partial charge is 0.143 e. The first-order valence-corrected chi connectivity index (χ1v) is 4.86. The van der Waals surface area contributed by atoms with E-state index in [4.69, 9.17) is 17.3 Å². The SMILES string of the molecule is CC.Cc1c(N)cnc(Cl)c1Br. The van der Waals surface area contributed by atoms with Crippen LogP contribution in [0.25, 0.3) is 0 Å². The molecule has 0 aliphatic heterocycles. The Morgan fingerprint density at radius 3 is 2.42 bits per heavy atom. The van der Waals surface area contributed by atoms with Crippen molar-refractivity contribution in [3.63, 3.8) is 0 Å². The van der Waals surface area contributed by atoms with Gasteiger partial charge in [0.15, 0.2) is 0 Å². The molecule has 1 aromatic rings. The van der Waals surface area contributed by atoms with Crippen molar-refractivity contribution in [3.05, 3.63) is 21.4 Å². The third-order valence-electron chi connectivity index (χ3n) is 1.26. The van der Waals surface area contributed by atoms with Crippen LogP contribution in [0.4, 0.5) is 5.69 Å². The Morgan fingerprint density at radius 1 is 1.50 bits per heavy atom. The quantitative estimate of drug-likeness (QED) is 0.718. The highest BCUT2D eigenvalue weighted by atomic mass is 79.9. The minimum atomic E-state index is 0.451. The van der Waals surface area contributed by atoms with Gasteiger partial charge in [0.25, 0.3) is 0 Å². The zero-order valence-electron chi connectivity index (χ0n) is 7.36. The normalized spacial score (nSPS) is 8.75. The lowest BCUT2D eigenvalue weighted by Crippen LogP contribution is -1.92. The first kappa shape index (κ1) is 11.7. The Kier molecular flexibility index (Phi) is 5.25. The summed E-state index contributed by atoms with van der Waals surface area (Å²) in [4.78, 5) is 3.83. The minimum absolute atomic E-state index is 0.451. The molecule has 1 heterocycles. The highest BCUT2D eigenvalue weighted by Crippen LogP contribution is 2.26. The van der Waals surface area contributed by atoms with Gasteiger partial charge in [-0.25, -0.2) is 4.98 Å². The molecule has 2 nitrogen and oxygen atoms in total. The predicted molar refractivity (Wildman–Crippen MR) is 57.4 cm³/mol. The van der Waals surface area contributed by atoms with E-state index in [2.05, 4.69) is 20.9 Å². The van der Waals surface area contributed by atoms with Gasteiger partial charge in [0.1, 0.15) is 5.15 Å². The van der Waals surface area contributed by atoms with Gasteiger partial charge in [-0.15, -0.1) is 0 Å². The summed E-state index contributed by atoms with van der Waals surface area (Å²) in [6.07, 6.45) is 1.54. The van der Waals surface area contributed by atoms with E-state index in [0.717, 1.165) is 10.0 Å². The van der Waals surface area contributed by atoms with Crippen LogP contribution in [0.3, 0.4) is 0 Å². The molecule has 2 N–H and O–H groups in total. The molecule has 0 saturated carbocycles. The van der Waals surface area contributed by atoms with Gasteiger partial charge in [-0.3, -0.25) is 0 Å². The molecular weight excluding hydrogens is 239 g/mol. The second-order valence-corrected chi connectivity index (χ2v) is 3.09. The van der Waals surface area contributed by atoms with E-state index in [1.165, 1.54) is 0 Å². The fraction of sp³-hybridized carbons (Fsp3) is 0.375. The zero-order valence-corrected chi connectivity index (χ0v) is 9.70. The number of pyridine rings is 1. The highest BCUT2D eigenvalue weighted by molar-refractivity contribution is 9.10. The van der Waals surface area contributed by atoms with E-state index in [9.17, 15) is 0 Å². The van der Waals surface area contributed by atoms with Gasteiger partial charge >= 0.3 is 0 Å². The van der Waals surface area contributed by atoms with E-state index in [-0.39, 0.29) is 0 Å². The van der Waals surface area contributed by atoms with Gasteiger partial charge in [0.2, 0.25) is 0 Å². The van der Waals surface area contributed by atoms with Gasteiger partial charge in [-0.2, -0.15) is 0 Å². The predicted octanol–water partition coefficient (Wildman–Crippen LogP) is 3.41. The van der Waals surface area contributed by atoms with E-state index in [0.29, 0.717) is 10.8 Å². The molecule has 12 heavy (non-hydrogen) atoms. The lowest BCUT2D eigenvalue weighted by molar-refractivity contribution is 1.27. The largest absolute Gasteiger partial charge is 0.397 e. The van der Waals surface area contributed by atoms with Crippen molar-refractivity contribution >= 4 is 33.2 Å². The molecule has 0 amide bonds. The van der Waals surface area contributed by atoms with Crippen LogP contribution in [-0.2, 0) is 0 Å². The van der Waals surface area contributed by atoms with Crippen LogP contribution in [-0.4, -0.2) is 4.98 Å². The van der Waals surface area contributed by atoms with E-state index in [1.807, 2.05) is 20.8 Å². The number of hydrogen-bond donors (Lipinski definition) is 1. The van der Waals surface area contributed by atoms with Gasteiger partial charge in [0, 0.05) is 0 Å². The van der Waals surface area contributed by atoms with E-state index in [1.54, 1.807) is 6.20 Å². The maximum atomic E-state index is 5.67. The third-order valence-corrected chi connectivity index (χ3v) is 2.75. The first-order chi connectivity index (χ1) is 5.63. The highest BCUT2D eigenvalue weighted by Gasteiger charge is 2.03. The van der Waals surface area contributed by atoms with Gasteiger partial charge in [0.05, 0.1) is 16.4 Å². The molecule has 0 aliphatic carbocycles. The minimum Gasteiger partial charge on any atom is -0.397 e. The van der Waals surface area contributed by atoms with Crippen molar-refractivity contribution in [3.8, 4) is 0 Å². The van der Waals surface area contributed by atoms with Crippen LogP contribution < -0.4 is 5.73 Å². The molecule has 0 unspecified atom stereocenters. The molecule has 1 rings (SSSR count). The van der Waals surface area contributed by atoms with Gasteiger partial charge in [-0.05, 0) is 28.4 Å². The van der Waals surface area contributed by atoms with Crippen molar-refractivity contribution in [2.24, 2.45) is 0 Å². The summed E-state index contributed by atoms with van der Waals surface area (Å²) >= 11 is 8.93. The number of hydrogen-bond acceptors (Lipinski definition) is 2. The molecule has 0 saturated heterocycles. The average molecular weight is 252 g/mol. The molecule has 0 bridgehead atoms. The van der Waals surface area contributed by atoms with Crippen molar-refractivity contribution in [1.29, 1.82) is 0 Å². The summed E-state index contributed by atoms with van der Waals surface area (Å²) in [5.41, 5.74) is 7.12. The standard InChI is InChI=1S/C6H6BrClN2.C2H6/c1-3-4(9)2-10-6(8)5(3)7;1-2/h2H,9H2,1H3;1-2H3. The summed E-state index contributed by atoms with van der Waals surface area (Å²) in [5, 5.41) is 0.451. The Labute approximate surface area is 86.3 Å². The molecule has 4 heteroatoms. The molecular formula is C8H12BrClN2. The summed E-state index contributed by atoms with van der Waals surface area (Å²) in [6, 6.07) is 0. The monoisotopic (exact) mass is 250 g/mol. The first-order valence-electron chi connectivity index (χ1n) is 3.69. The average Bonchev–Trinajstić information content (AvgIpc) is 2.12. The number of nitrogens with zero attached hydrogens (tertiary/aromatic N) is 1. The summed E-state index contributed by atoms with van der Waals surface area (Å²) in [6.45, 7) is 5.88. The summed E-state index contributed by atoms with van der Waals surface area (Å²) in [7, 11) is 0. The van der Waals surface area contributed by atoms with E-state index < -0.39 is 0 Å². The molecule has 0 atom stereocenters. The molecule has 1 aromatic heterocycles. The van der Waals surface area contributed by atoms with Crippen molar-refractivity contribution in [1.82, 2.24) is 4.98 Å². The third kappa shape index (κ3) is 2.64. The Bertz CT molecular complexity index is 236. The molecule has 0 spiro atoms. The second-order valence-electron chi connectivity index (χ2n) is 1.94. The van der Waals surface area contributed by atoms with Crippen LogP contribution >= 0.6 is 27.5 Å². The maximum Gasteiger partial charge on any atom is 0.143 e. The molecule has 68 valence electrons. The van der Waals surface area contributed by atoms with Gasteiger partial charge < -0.3 is 5.73 Å². The Morgan fingerprint density at radius 2 is 2.00 bits per heavy atom. The number of nitrogen functional groups attached to an aromatic ring is 1. The number of aromatic nitrogens is 1. The zero-order chi connectivity index (χ0) is 9.72. The number of rotatable bonds is 0. The molecule has 0 fully saturated rings. The molecule has 0 aromatic carbocycles. The van der Waals surface area contributed by atoms with Crippen molar-refractivity contribution < 1.29 is 0 Å². The second kappa shape index (κ2) is 5.38. The van der Waals surface area contributed by atoms with Crippen LogP contribution in [0.1, 0.15) is 19.4 Å². The van der Waals surface area contributed by atoms with Crippen molar-refractivity contribution in [2.75, 3.05) is 5.73 Å². The topological polar surface area (TPSA) is 38.9 Å². The number of nitrogens with two attached hydrogens (primary N) is 1. The lowest BCUT2D eigenvalue weighted by atomic mass is 10.3. The molecule has 0 radical (unpaired) electrons. The van der Waals surface area contributed by atoms with E-state index >= 15 is 0 Å². The van der Waals surface area contributed by atoms with Gasteiger partial charge in [-0.1, -0.05) is 25.4 Å². The summed E-state index contributed by atoms with van der Waals surface area (Å²) in [5.74, 6) is 0. The Hall–Kier alpha value is -0.280. The number of halogens is 2. The van der Waals surface area contributed by atoms with Crippen LogP contribution in [0, 0.1) is 6.92 Å². The Balaban J connectivity index is 0.000000561. The summed E-state index contributed by atoms with van der Waals surface area (Å²) < 4.78 is 0.772.